The molecule has 4 heteroatoms. The van der Waals surface area contributed by atoms with Gasteiger partial charge in [-0.05, 0) is 53.8 Å². The smallest absolute Gasteiger partial charge is 0.0397 e. The molecular weight excluding hydrogens is 266 g/mol. The van der Waals surface area contributed by atoms with Crippen LogP contribution in [0.1, 0.15) is 24.0 Å². The average Bonchev–Trinajstić information content (AvgIpc) is 2.92. The number of nitrogens with zero attached hydrogens (tertiary/aromatic N) is 2. The summed E-state index contributed by atoms with van der Waals surface area (Å²) in [5.41, 5.74) is 4.16. The molecule has 0 bridgehead atoms. The third kappa shape index (κ3) is 3.19. The van der Waals surface area contributed by atoms with E-state index in [1.165, 1.54) is 29.7 Å². The van der Waals surface area contributed by atoms with Crippen molar-refractivity contribution in [1.82, 2.24) is 10.3 Å². The highest BCUT2D eigenvalue weighted by molar-refractivity contribution is 7.08. The minimum absolute atomic E-state index is 0.646. The summed E-state index contributed by atoms with van der Waals surface area (Å²) in [6.07, 6.45) is 6.18. The molecule has 0 aromatic carbocycles. The van der Waals surface area contributed by atoms with Crippen molar-refractivity contribution in [3.8, 4) is 0 Å². The molecule has 3 heterocycles. The van der Waals surface area contributed by atoms with Crippen molar-refractivity contribution in [1.29, 1.82) is 0 Å². The highest BCUT2D eigenvalue weighted by atomic mass is 32.1. The number of thiophene rings is 1. The fourth-order valence-corrected chi connectivity index (χ4v) is 3.58. The van der Waals surface area contributed by atoms with Crippen LogP contribution in [0.15, 0.2) is 35.3 Å². The number of rotatable bonds is 4. The third-order valence-electron chi connectivity index (χ3n) is 4.07. The minimum Gasteiger partial charge on any atom is -0.371 e. The van der Waals surface area contributed by atoms with Crippen molar-refractivity contribution in [3.63, 3.8) is 0 Å². The lowest BCUT2D eigenvalue weighted by atomic mass is 10.0. The van der Waals surface area contributed by atoms with Crippen LogP contribution in [0.5, 0.6) is 0 Å². The second kappa shape index (κ2) is 6.37. The quantitative estimate of drug-likeness (QED) is 0.936. The molecule has 0 unspecified atom stereocenters. The van der Waals surface area contributed by atoms with Crippen LogP contribution in [0.25, 0.3) is 0 Å². The summed E-state index contributed by atoms with van der Waals surface area (Å²) in [4.78, 5) is 6.54. The van der Waals surface area contributed by atoms with Crippen molar-refractivity contribution in [2.45, 2.75) is 32.4 Å². The van der Waals surface area contributed by atoms with Crippen molar-refractivity contribution < 1.29 is 0 Å². The van der Waals surface area contributed by atoms with E-state index in [-0.39, 0.29) is 0 Å². The SMILES string of the molecule is Cc1cscc1CNC1CCN(c2ccncc2)CC1. The van der Waals surface area contributed by atoms with Crippen LogP contribution < -0.4 is 10.2 Å². The summed E-state index contributed by atoms with van der Waals surface area (Å²) >= 11 is 1.80. The number of nitrogens with one attached hydrogen (secondary N) is 1. The number of aromatic nitrogens is 1. The molecule has 2 aromatic heterocycles. The summed E-state index contributed by atoms with van der Waals surface area (Å²) in [6, 6.07) is 4.85. The molecule has 1 N–H and O–H groups in total. The first-order valence-corrected chi connectivity index (χ1v) is 8.17. The third-order valence-corrected chi connectivity index (χ3v) is 4.98. The summed E-state index contributed by atoms with van der Waals surface area (Å²) in [5, 5.41) is 8.19. The maximum atomic E-state index is 4.08. The van der Waals surface area contributed by atoms with E-state index in [1.807, 2.05) is 12.4 Å². The fourth-order valence-electron chi connectivity index (χ4n) is 2.72. The minimum atomic E-state index is 0.646. The van der Waals surface area contributed by atoms with Crippen LogP contribution >= 0.6 is 11.3 Å². The summed E-state index contributed by atoms with van der Waals surface area (Å²) in [5.74, 6) is 0. The Bertz CT molecular complexity index is 530. The molecule has 0 atom stereocenters. The van der Waals surface area contributed by atoms with Gasteiger partial charge in [0.15, 0.2) is 0 Å². The molecule has 1 aliphatic rings. The number of aryl methyl sites for hydroxylation is 1. The van der Waals surface area contributed by atoms with Gasteiger partial charge in [-0.3, -0.25) is 4.98 Å². The van der Waals surface area contributed by atoms with Gasteiger partial charge >= 0.3 is 0 Å². The molecule has 0 radical (unpaired) electrons. The molecule has 1 fully saturated rings. The van der Waals surface area contributed by atoms with E-state index in [0.717, 1.165) is 19.6 Å². The Hall–Kier alpha value is -1.39. The predicted molar refractivity (Wildman–Crippen MR) is 85.4 cm³/mol. The Morgan fingerprint density at radius 3 is 2.65 bits per heavy atom. The highest BCUT2D eigenvalue weighted by Crippen LogP contribution is 2.20. The van der Waals surface area contributed by atoms with Crippen LogP contribution in [-0.4, -0.2) is 24.1 Å². The zero-order chi connectivity index (χ0) is 13.8. The standard InChI is InChI=1S/C16H21N3S/c1-13-11-20-12-14(13)10-18-15-4-8-19(9-5-15)16-2-6-17-7-3-16/h2-3,6-7,11-12,15,18H,4-5,8-10H2,1H3. The first-order valence-electron chi connectivity index (χ1n) is 7.23. The number of pyridine rings is 1. The largest absolute Gasteiger partial charge is 0.371 e. The molecule has 0 spiro atoms. The van der Waals surface area contributed by atoms with Gasteiger partial charge in [-0.2, -0.15) is 11.3 Å². The number of hydrogen-bond donors (Lipinski definition) is 1. The molecule has 3 nitrogen and oxygen atoms in total. The second-order valence-corrected chi connectivity index (χ2v) is 6.17. The maximum Gasteiger partial charge on any atom is 0.0397 e. The van der Waals surface area contributed by atoms with E-state index in [1.54, 1.807) is 11.3 Å². The molecule has 3 rings (SSSR count). The van der Waals surface area contributed by atoms with Gasteiger partial charge < -0.3 is 10.2 Å². The molecule has 1 saturated heterocycles. The lowest BCUT2D eigenvalue weighted by Crippen LogP contribution is -2.42. The monoisotopic (exact) mass is 287 g/mol. The molecule has 20 heavy (non-hydrogen) atoms. The first-order chi connectivity index (χ1) is 9.83. The van der Waals surface area contributed by atoms with Crippen LogP contribution in [0.2, 0.25) is 0 Å². The molecule has 0 saturated carbocycles. The van der Waals surface area contributed by atoms with E-state index in [2.05, 4.69) is 45.0 Å². The van der Waals surface area contributed by atoms with Gasteiger partial charge in [-0.15, -0.1) is 0 Å². The highest BCUT2D eigenvalue weighted by Gasteiger charge is 2.19. The number of hydrogen-bond acceptors (Lipinski definition) is 4. The Morgan fingerprint density at radius 1 is 1.25 bits per heavy atom. The van der Waals surface area contributed by atoms with Gasteiger partial charge in [0.25, 0.3) is 0 Å². The lowest BCUT2D eigenvalue weighted by Gasteiger charge is -2.34. The van der Waals surface area contributed by atoms with Gasteiger partial charge in [-0.1, -0.05) is 0 Å². The van der Waals surface area contributed by atoms with Crippen LogP contribution in [-0.2, 0) is 6.54 Å². The Kier molecular flexibility index (Phi) is 4.33. The number of piperidine rings is 1. The van der Waals surface area contributed by atoms with Gasteiger partial charge in [0.1, 0.15) is 0 Å². The van der Waals surface area contributed by atoms with E-state index < -0.39 is 0 Å². The molecule has 106 valence electrons. The van der Waals surface area contributed by atoms with Crippen LogP contribution in [0.3, 0.4) is 0 Å². The average molecular weight is 287 g/mol. The molecule has 0 amide bonds. The van der Waals surface area contributed by atoms with Crippen molar-refractivity contribution in [3.05, 3.63) is 46.4 Å². The summed E-state index contributed by atoms with van der Waals surface area (Å²) < 4.78 is 0. The first kappa shape index (κ1) is 13.6. The second-order valence-electron chi connectivity index (χ2n) is 5.43. The topological polar surface area (TPSA) is 28.2 Å². The summed E-state index contributed by atoms with van der Waals surface area (Å²) in [7, 11) is 0. The van der Waals surface area contributed by atoms with Crippen LogP contribution in [0, 0.1) is 6.92 Å². The van der Waals surface area contributed by atoms with E-state index in [9.17, 15) is 0 Å². The van der Waals surface area contributed by atoms with E-state index in [0.29, 0.717) is 6.04 Å². The van der Waals surface area contributed by atoms with Crippen molar-refractivity contribution in [2.75, 3.05) is 18.0 Å². The fraction of sp³-hybridized carbons (Fsp3) is 0.438. The molecule has 1 aliphatic heterocycles. The normalized spacial score (nSPS) is 16.6. The zero-order valence-electron chi connectivity index (χ0n) is 11.9. The Labute approximate surface area is 124 Å². The summed E-state index contributed by atoms with van der Waals surface area (Å²) in [6.45, 7) is 5.46. The zero-order valence-corrected chi connectivity index (χ0v) is 12.7. The van der Waals surface area contributed by atoms with Gasteiger partial charge in [0.2, 0.25) is 0 Å². The van der Waals surface area contributed by atoms with E-state index in [4.69, 9.17) is 0 Å². The maximum absolute atomic E-state index is 4.08. The molecular formula is C16H21N3S. The van der Waals surface area contributed by atoms with Crippen molar-refractivity contribution in [2.24, 2.45) is 0 Å². The van der Waals surface area contributed by atoms with Gasteiger partial charge in [0, 0.05) is 43.8 Å². The predicted octanol–water partition coefficient (Wildman–Crippen LogP) is 3.21. The van der Waals surface area contributed by atoms with Gasteiger partial charge in [0.05, 0.1) is 0 Å². The molecule has 0 aliphatic carbocycles. The van der Waals surface area contributed by atoms with E-state index >= 15 is 0 Å². The Morgan fingerprint density at radius 2 is 2.00 bits per heavy atom. The molecule has 2 aromatic rings. The number of anilines is 1. The van der Waals surface area contributed by atoms with Crippen LogP contribution in [0.4, 0.5) is 5.69 Å². The lowest BCUT2D eigenvalue weighted by molar-refractivity contribution is 0.414. The van der Waals surface area contributed by atoms with Gasteiger partial charge in [-0.25, -0.2) is 0 Å². The Balaban J connectivity index is 1.48. The van der Waals surface area contributed by atoms with Crippen molar-refractivity contribution >= 4 is 17.0 Å².